The molecule has 3 aromatic rings. The number of nitrogens with zero attached hydrogens (tertiary/aromatic N) is 1. The first-order valence-corrected chi connectivity index (χ1v) is 15.5. The van der Waals surface area contributed by atoms with E-state index in [0.717, 1.165) is 35.5 Å². The molecule has 2 aromatic carbocycles. The highest BCUT2D eigenvalue weighted by atomic mass is 32.2. The number of thiophene rings is 1. The van der Waals surface area contributed by atoms with Gasteiger partial charge in [-0.15, -0.1) is 11.3 Å². The van der Waals surface area contributed by atoms with Crippen LogP contribution in [0.25, 0.3) is 10.4 Å². The highest BCUT2D eigenvalue weighted by Crippen LogP contribution is 2.36. The summed E-state index contributed by atoms with van der Waals surface area (Å²) in [6.45, 7) is 0.399. The molecule has 0 radical (unpaired) electrons. The highest BCUT2D eigenvalue weighted by Gasteiger charge is 2.30. The van der Waals surface area contributed by atoms with Gasteiger partial charge in [-0.25, -0.2) is 13.2 Å². The molecule has 2 heterocycles. The second-order valence-electron chi connectivity index (χ2n) is 9.37. The Morgan fingerprint density at radius 3 is 2.40 bits per heavy atom. The molecule has 226 valence electrons. The van der Waals surface area contributed by atoms with E-state index in [1.54, 1.807) is 13.0 Å². The zero-order chi connectivity index (χ0) is 30.3. The van der Waals surface area contributed by atoms with E-state index >= 15 is 0 Å². The van der Waals surface area contributed by atoms with Crippen LogP contribution in [0.4, 0.5) is 23.9 Å². The average Bonchev–Trinajstić information content (AvgIpc) is 3.39. The van der Waals surface area contributed by atoms with Crippen LogP contribution in [0.3, 0.4) is 0 Å². The number of rotatable bonds is 11. The predicted octanol–water partition coefficient (Wildman–Crippen LogP) is 5.76. The number of hydrogen-bond donors (Lipinski definition) is 2. The van der Waals surface area contributed by atoms with Crippen molar-refractivity contribution in [2.45, 2.75) is 37.3 Å². The summed E-state index contributed by atoms with van der Waals surface area (Å²) in [7, 11) is -3.91. The van der Waals surface area contributed by atoms with Crippen LogP contribution in [0.2, 0.25) is 0 Å². The molecule has 42 heavy (non-hydrogen) atoms. The predicted molar refractivity (Wildman–Crippen MR) is 153 cm³/mol. The molecule has 0 aliphatic carbocycles. The van der Waals surface area contributed by atoms with E-state index in [9.17, 15) is 31.2 Å². The second-order valence-corrected chi connectivity index (χ2v) is 12.4. The van der Waals surface area contributed by atoms with Crippen LogP contribution < -0.4 is 15.4 Å². The number of ether oxygens (including phenoxy) is 2. The first kappa shape index (κ1) is 31.3. The van der Waals surface area contributed by atoms with E-state index in [2.05, 4.69) is 10.6 Å². The lowest BCUT2D eigenvalue weighted by Crippen LogP contribution is -2.35. The van der Waals surface area contributed by atoms with E-state index in [-0.39, 0.29) is 33.5 Å². The standard InChI is InChI=1S/C28H30F3N3O6S2/c1-2-39-27(36)21-16-24(19-9-5-3-6-10-19)41-26(21)33-25(35)17-32-22-15-20(11-12-23(22)40-18-28(29,30)31)42(37,38)34-13-7-4-8-14-34/h3,5-6,9-12,15-16,32H,2,4,7-8,13-14,17-18H2,1H3,(H,33,35). The molecule has 2 N–H and O–H groups in total. The summed E-state index contributed by atoms with van der Waals surface area (Å²) in [5.74, 6) is -1.53. The zero-order valence-electron chi connectivity index (χ0n) is 22.7. The lowest BCUT2D eigenvalue weighted by Gasteiger charge is -2.26. The van der Waals surface area contributed by atoms with Crippen molar-refractivity contribution in [3.05, 3.63) is 60.2 Å². The number of halogens is 3. The van der Waals surface area contributed by atoms with Gasteiger partial charge < -0.3 is 20.1 Å². The van der Waals surface area contributed by atoms with E-state index in [1.807, 2.05) is 30.3 Å². The monoisotopic (exact) mass is 625 g/mol. The number of amides is 1. The van der Waals surface area contributed by atoms with Gasteiger partial charge in [-0.3, -0.25) is 4.79 Å². The van der Waals surface area contributed by atoms with Gasteiger partial charge in [-0.2, -0.15) is 17.5 Å². The molecule has 1 amide bonds. The molecule has 0 saturated carbocycles. The number of anilines is 2. The van der Waals surface area contributed by atoms with E-state index in [4.69, 9.17) is 9.47 Å². The van der Waals surface area contributed by atoms with Crippen LogP contribution >= 0.6 is 11.3 Å². The van der Waals surface area contributed by atoms with Gasteiger partial charge in [0.05, 0.1) is 29.3 Å². The minimum atomic E-state index is -4.63. The summed E-state index contributed by atoms with van der Waals surface area (Å²) < 4.78 is 76.3. The Bertz CT molecular complexity index is 1500. The summed E-state index contributed by atoms with van der Waals surface area (Å²) >= 11 is 1.16. The number of esters is 1. The van der Waals surface area contributed by atoms with Crippen molar-refractivity contribution >= 4 is 43.9 Å². The Kier molecular flexibility index (Phi) is 10.1. The van der Waals surface area contributed by atoms with Crippen LogP contribution in [0.5, 0.6) is 5.75 Å². The molecule has 9 nitrogen and oxygen atoms in total. The average molecular weight is 626 g/mol. The Labute approximate surface area is 245 Å². The van der Waals surface area contributed by atoms with Crippen molar-refractivity contribution in [1.82, 2.24) is 4.31 Å². The number of carbonyl (C=O) groups is 2. The second kappa shape index (κ2) is 13.6. The van der Waals surface area contributed by atoms with E-state index in [1.165, 1.54) is 10.4 Å². The minimum absolute atomic E-state index is 0.103. The molecule has 0 bridgehead atoms. The van der Waals surface area contributed by atoms with Gasteiger partial charge in [0, 0.05) is 18.0 Å². The van der Waals surface area contributed by atoms with E-state index < -0.39 is 41.2 Å². The van der Waals surface area contributed by atoms with Gasteiger partial charge >= 0.3 is 12.1 Å². The molecule has 4 rings (SSSR count). The maximum atomic E-state index is 13.2. The van der Waals surface area contributed by atoms with Gasteiger partial charge in [0.1, 0.15) is 10.8 Å². The van der Waals surface area contributed by atoms with Crippen LogP contribution in [0.15, 0.2) is 59.5 Å². The van der Waals surface area contributed by atoms with Gasteiger partial charge in [0.15, 0.2) is 6.61 Å². The zero-order valence-corrected chi connectivity index (χ0v) is 24.3. The molecule has 1 aliphatic rings. The molecular weight excluding hydrogens is 595 g/mol. The smallest absolute Gasteiger partial charge is 0.422 e. The fraction of sp³-hybridized carbons (Fsp3) is 0.357. The molecule has 1 aliphatic heterocycles. The van der Waals surface area contributed by atoms with Crippen LogP contribution in [0.1, 0.15) is 36.5 Å². The van der Waals surface area contributed by atoms with Crippen LogP contribution in [-0.2, 0) is 19.6 Å². The SMILES string of the molecule is CCOC(=O)c1cc(-c2ccccc2)sc1NC(=O)CNc1cc(S(=O)(=O)N2CCCCC2)ccc1OCC(F)(F)F. The summed E-state index contributed by atoms with van der Waals surface area (Å²) in [6.07, 6.45) is -2.31. The number of sulfonamides is 1. The Balaban J connectivity index is 1.55. The number of alkyl halides is 3. The van der Waals surface area contributed by atoms with Gasteiger partial charge in [-0.05, 0) is 49.6 Å². The molecule has 0 atom stereocenters. The van der Waals surface area contributed by atoms with Gasteiger partial charge in [0.25, 0.3) is 0 Å². The van der Waals surface area contributed by atoms with Crippen molar-refractivity contribution in [2.75, 3.05) is 43.5 Å². The van der Waals surface area contributed by atoms with Crippen LogP contribution in [-0.4, -0.2) is 63.6 Å². The van der Waals surface area contributed by atoms with Crippen molar-refractivity contribution in [1.29, 1.82) is 0 Å². The molecular formula is C28H30F3N3O6S2. The molecule has 1 saturated heterocycles. The molecule has 14 heteroatoms. The largest absolute Gasteiger partial charge is 0.482 e. The van der Waals surface area contributed by atoms with Gasteiger partial charge in [0.2, 0.25) is 15.9 Å². The molecule has 0 spiro atoms. The molecule has 0 unspecified atom stereocenters. The van der Waals surface area contributed by atoms with Crippen molar-refractivity contribution in [3.63, 3.8) is 0 Å². The Hall–Kier alpha value is -3.62. The number of piperidine rings is 1. The fourth-order valence-electron chi connectivity index (χ4n) is 4.28. The van der Waals surface area contributed by atoms with Crippen molar-refractivity contribution in [3.8, 4) is 16.2 Å². The van der Waals surface area contributed by atoms with Crippen LogP contribution in [0, 0.1) is 0 Å². The van der Waals surface area contributed by atoms with Gasteiger partial charge in [-0.1, -0.05) is 36.8 Å². The summed E-state index contributed by atoms with van der Waals surface area (Å²) in [5, 5.41) is 5.58. The summed E-state index contributed by atoms with van der Waals surface area (Å²) in [6, 6.07) is 14.3. The Morgan fingerprint density at radius 1 is 1.02 bits per heavy atom. The number of hydrogen-bond acceptors (Lipinski definition) is 8. The highest BCUT2D eigenvalue weighted by molar-refractivity contribution is 7.89. The minimum Gasteiger partial charge on any atom is -0.482 e. The Morgan fingerprint density at radius 2 is 1.74 bits per heavy atom. The quantitative estimate of drug-likeness (QED) is 0.261. The lowest BCUT2D eigenvalue weighted by atomic mass is 10.1. The van der Waals surface area contributed by atoms with Crippen molar-refractivity contribution < 1.29 is 40.7 Å². The lowest BCUT2D eigenvalue weighted by molar-refractivity contribution is -0.153. The normalized spacial score (nSPS) is 14.3. The number of benzene rings is 2. The third kappa shape index (κ3) is 8.01. The molecule has 1 aromatic heterocycles. The first-order chi connectivity index (χ1) is 20.0. The number of nitrogens with one attached hydrogen (secondary N) is 2. The third-order valence-corrected chi connectivity index (χ3v) is 9.27. The maximum Gasteiger partial charge on any atom is 0.422 e. The first-order valence-electron chi connectivity index (χ1n) is 13.2. The molecule has 1 fully saturated rings. The maximum absolute atomic E-state index is 13.2. The fourth-order valence-corrected chi connectivity index (χ4v) is 6.89. The summed E-state index contributed by atoms with van der Waals surface area (Å²) in [5.41, 5.74) is 0.872. The number of carbonyl (C=O) groups excluding carboxylic acids is 2. The third-order valence-electron chi connectivity index (χ3n) is 6.27. The topological polar surface area (TPSA) is 114 Å². The summed E-state index contributed by atoms with van der Waals surface area (Å²) in [4.78, 5) is 26.1. The van der Waals surface area contributed by atoms with Crippen molar-refractivity contribution in [2.24, 2.45) is 0 Å². The van der Waals surface area contributed by atoms with E-state index in [0.29, 0.717) is 30.8 Å².